The van der Waals surface area contributed by atoms with Gasteiger partial charge in [0.1, 0.15) is 23.5 Å². The molecule has 0 fully saturated rings. The number of nitrogens with zero attached hydrogens (tertiary/aromatic N) is 3. The third-order valence-electron chi connectivity index (χ3n) is 2.58. The molecule has 24 heavy (non-hydrogen) atoms. The van der Waals surface area contributed by atoms with E-state index in [1.54, 1.807) is 12.1 Å². The third kappa shape index (κ3) is 4.88. The van der Waals surface area contributed by atoms with E-state index < -0.39 is 13.0 Å². The second-order valence-electron chi connectivity index (χ2n) is 4.50. The molecule has 3 N–H and O–H groups in total. The molecule has 0 aliphatic heterocycles. The lowest BCUT2D eigenvalue weighted by Gasteiger charge is -2.07. The zero-order chi connectivity index (χ0) is 17.5. The molecule has 0 saturated heterocycles. The Morgan fingerprint density at radius 1 is 1.38 bits per heavy atom. The number of alkyl halides is 2. The summed E-state index contributed by atoms with van der Waals surface area (Å²) in [6.45, 7) is 0.543. The minimum atomic E-state index is -2.64. The van der Waals surface area contributed by atoms with Crippen molar-refractivity contribution in [1.29, 1.82) is 0 Å². The van der Waals surface area contributed by atoms with E-state index in [2.05, 4.69) is 32.1 Å². The van der Waals surface area contributed by atoms with E-state index in [0.29, 0.717) is 11.4 Å². The molecule has 124 valence electrons. The van der Waals surface area contributed by atoms with Gasteiger partial charge in [0.2, 0.25) is 11.8 Å². The molecule has 0 saturated carbocycles. The van der Waals surface area contributed by atoms with Gasteiger partial charge >= 0.3 is 0 Å². The molecule has 0 radical (unpaired) electrons. The highest BCUT2D eigenvalue weighted by atomic mass is 19.3. The molecule has 9 heteroatoms. The first kappa shape index (κ1) is 17.1. The number of nitrogens with two attached hydrogens (primary N) is 1. The van der Waals surface area contributed by atoms with E-state index >= 15 is 0 Å². The van der Waals surface area contributed by atoms with Gasteiger partial charge in [0.05, 0.1) is 0 Å². The maximum absolute atomic E-state index is 12.2. The average Bonchev–Trinajstić information content (AvgIpc) is 2.52. The normalized spacial score (nSPS) is 10.0. The van der Waals surface area contributed by atoms with Gasteiger partial charge in [-0.15, -0.1) is 0 Å². The van der Waals surface area contributed by atoms with Gasteiger partial charge in [0.25, 0.3) is 6.43 Å². The molecule has 0 aliphatic carbocycles. The minimum Gasteiger partial charge on any atom is -0.470 e. The molecule has 2 heterocycles. The summed E-state index contributed by atoms with van der Waals surface area (Å²) in [4.78, 5) is 22.6. The molecule has 1 amide bonds. The number of hydrogen-bond acceptors (Lipinski definition) is 6. The van der Waals surface area contributed by atoms with E-state index in [9.17, 15) is 13.6 Å². The van der Waals surface area contributed by atoms with Gasteiger partial charge in [-0.2, -0.15) is 4.98 Å². The van der Waals surface area contributed by atoms with Crippen molar-refractivity contribution < 1.29 is 18.3 Å². The van der Waals surface area contributed by atoms with Crippen LogP contribution in [0, 0.1) is 11.8 Å². The van der Waals surface area contributed by atoms with Crippen LogP contribution in [0.3, 0.4) is 0 Å². The Hall–Kier alpha value is -3.28. The first-order valence-electron chi connectivity index (χ1n) is 6.73. The number of nitrogen functional groups attached to an aromatic ring is 1. The van der Waals surface area contributed by atoms with Crippen molar-refractivity contribution in [1.82, 2.24) is 15.0 Å². The van der Waals surface area contributed by atoms with Crippen LogP contribution < -0.4 is 15.8 Å². The van der Waals surface area contributed by atoms with E-state index in [-0.39, 0.29) is 23.2 Å². The lowest BCUT2D eigenvalue weighted by atomic mass is 10.2. The highest BCUT2D eigenvalue weighted by Crippen LogP contribution is 2.20. The summed E-state index contributed by atoms with van der Waals surface area (Å²) in [5.74, 6) is 5.44. The van der Waals surface area contributed by atoms with Crippen LogP contribution in [0.4, 0.5) is 20.3 Å². The summed E-state index contributed by atoms with van der Waals surface area (Å²) in [6.07, 6.45) is -0.0374. The molecule has 0 atom stereocenters. The van der Waals surface area contributed by atoms with Crippen LogP contribution >= 0.6 is 0 Å². The predicted octanol–water partition coefficient (Wildman–Crippen LogP) is 1.46. The number of pyridine rings is 1. The second kappa shape index (κ2) is 7.82. The average molecular weight is 333 g/mol. The fraction of sp³-hybridized carbons (Fsp3) is 0.200. The highest BCUT2D eigenvalue weighted by Gasteiger charge is 2.10. The van der Waals surface area contributed by atoms with Gasteiger partial charge in [-0.3, -0.25) is 4.79 Å². The lowest BCUT2D eigenvalue weighted by Crippen LogP contribution is -2.10. The van der Waals surface area contributed by atoms with Crippen LogP contribution in [0.25, 0.3) is 0 Å². The fourth-order valence-electron chi connectivity index (χ4n) is 1.62. The summed E-state index contributed by atoms with van der Waals surface area (Å²) >= 11 is 0. The smallest absolute Gasteiger partial charge is 0.272 e. The number of carbonyl (C=O) groups excluding carboxylic acids is 1. The summed E-state index contributed by atoms with van der Waals surface area (Å²) < 4.78 is 29.2. The van der Waals surface area contributed by atoms with Gasteiger partial charge in [0, 0.05) is 18.7 Å². The van der Waals surface area contributed by atoms with Crippen LogP contribution in [-0.2, 0) is 4.79 Å². The number of anilines is 2. The zero-order valence-electron chi connectivity index (χ0n) is 12.6. The number of halogens is 2. The number of carbonyl (C=O) groups is 1. The first-order chi connectivity index (χ1) is 11.5. The predicted molar refractivity (Wildman–Crippen MR) is 82.5 cm³/mol. The fourth-order valence-corrected chi connectivity index (χ4v) is 1.62. The molecular weight excluding hydrogens is 320 g/mol. The summed E-state index contributed by atoms with van der Waals surface area (Å²) in [5.41, 5.74) is 6.44. The summed E-state index contributed by atoms with van der Waals surface area (Å²) in [6, 6.07) is 3.20. The summed E-state index contributed by atoms with van der Waals surface area (Å²) in [5, 5.41) is 2.53. The van der Waals surface area contributed by atoms with Crippen LogP contribution in [0.2, 0.25) is 0 Å². The zero-order valence-corrected chi connectivity index (χ0v) is 12.6. The molecular formula is C15H13F2N5O2. The molecule has 0 aliphatic rings. The second-order valence-corrected chi connectivity index (χ2v) is 4.50. The van der Waals surface area contributed by atoms with E-state index in [4.69, 9.17) is 10.5 Å². The topological polar surface area (TPSA) is 103 Å². The molecule has 0 aromatic carbocycles. The van der Waals surface area contributed by atoms with Gasteiger partial charge < -0.3 is 15.8 Å². The number of rotatable bonds is 4. The van der Waals surface area contributed by atoms with Crippen molar-refractivity contribution in [2.24, 2.45) is 0 Å². The minimum absolute atomic E-state index is 0.0261. The van der Waals surface area contributed by atoms with Gasteiger partial charge in [-0.25, -0.2) is 18.7 Å². The van der Waals surface area contributed by atoms with Crippen LogP contribution in [0.15, 0.2) is 24.7 Å². The molecule has 2 aromatic rings. The van der Waals surface area contributed by atoms with Gasteiger partial charge in [-0.1, -0.05) is 5.92 Å². The standard InChI is InChI=1S/C15H13F2N5O2/c1-9(23)22-13-6-10(4-5-19-13)2-3-11-14(18)15(21-8-20-11)24-7-12(16)17/h4-6,8,12H,7,18H2,1H3,(H,19,22,23). The number of amides is 1. The number of aromatic nitrogens is 3. The van der Waals surface area contributed by atoms with E-state index in [1.165, 1.54) is 13.1 Å². The molecule has 0 unspecified atom stereocenters. The molecule has 7 nitrogen and oxygen atoms in total. The quantitative estimate of drug-likeness (QED) is 0.821. The van der Waals surface area contributed by atoms with E-state index in [0.717, 1.165) is 6.33 Å². The summed E-state index contributed by atoms with van der Waals surface area (Å²) in [7, 11) is 0. The SMILES string of the molecule is CC(=O)Nc1cc(C#Cc2ncnc(OCC(F)F)c2N)ccn1. The Morgan fingerprint density at radius 2 is 2.17 bits per heavy atom. The van der Waals surface area contributed by atoms with E-state index in [1.807, 2.05) is 0 Å². The molecule has 2 aromatic heterocycles. The maximum Gasteiger partial charge on any atom is 0.272 e. The lowest BCUT2D eigenvalue weighted by molar-refractivity contribution is -0.114. The molecule has 0 bridgehead atoms. The Kier molecular flexibility index (Phi) is 5.57. The van der Waals surface area contributed by atoms with Crippen molar-refractivity contribution in [3.63, 3.8) is 0 Å². The van der Waals surface area contributed by atoms with Crippen molar-refractivity contribution in [3.8, 4) is 17.7 Å². The van der Waals surface area contributed by atoms with Crippen molar-refractivity contribution in [2.75, 3.05) is 17.7 Å². The maximum atomic E-state index is 12.2. The van der Waals surface area contributed by atoms with Gasteiger partial charge in [-0.05, 0) is 18.1 Å². The number of hydrogen-bond donors (Lipinski definition) is 2. The van der Waals surface area contributed by atoms with Crippen LogP contribution in [-0.4, -0.2) is 33.9 Å². The Bertz CT molecular complexity index is 802. The largest absolute Gasteiger partial charge is 0.470 e. The van der Waals surface area contributed by atoms with Crippen molar-refractivity contribution >= 4 is 17.4 Å². The highest BCUT2D eigenvalue weighted by molar-refractivity contribution is 5.87. The number of ether oxygens (including phenoxy) is 1. The van der Waals surface area contributed by atoms with Crippen molar-refractivity contribution in [3.05, 3.63) is 35.9 Å². The number of nitrogens with one attached hydrogen (secondary N) is 1. The van der Waals surface area contributed by atoms with Crippen LogP contribution in [0.5, 0.6) is 5.88 Å². The Morgan fingerprint density at radius 3 is 2.88 bits per heavy atom. The van der Waals surface area contributed by atoms with Gasteiger partial charge in [0.15, 0.2) is 6.61 Å². The van der Waals surface area contributed by atoms with Crippen molar-refractivity contribution in [2.45, 2.75) is 13.3 Å². The Labute approximate surface area is 136 Å². The first-order valence-corrected chi connectivity index (χ1v) is 6.73. The molecule has 2 rings (SSSR count). The third-order valence-corrected chi connectivity index (χ3v) is 2.58. The Balaban J connectivity index is 2.21. The monoisotopic (exact) mass is 333 g/mol. The van der Waals surface area contributed by atoms with Crippen LogP contribution in [0.1, 0.15) is 18.2 Å². The molecule has 0 spiro atoms.